The summed E-state index contributed by atoms with van der Waals surface area (Å²) in [6, 6.07) is 3.94. The molecule has 14 heavy (non-hydrogen) atoms. The highest BCUT2D eigenvalue weighted by Gasteiger charge is 2.11. The highest BCUT2D eigenvalue weighted by atomic mass is 35.5. The number of aromatic nitrogens is 2. The van der Waals surface area contributed by atoms with Gasteiger partial charge in [0.05, 0.1) is 5.52 Å². The summed E-state index contributed by atoms with van der Waals surface area (Å²) in [5, 5.41) is 17.1. The minimum absolute atomic E-state index is 0.402. The molecule has 3 nitrogen and oxygen atoms in total. The Labute approximate surface area is 86.3 Å². The first-order chi connectivity index (χ1) is 6.65. The van der Waals surface area contributed by atoms with Crippen LogP contribution in [0.3, 0.4) is 0 Å². The molecule has 1 N–H and O–H groups in total. The van der Waals surface area contributed by atoms with Gasteiger partial charge in [0.15, 0.2) is 5.69 Å². The van der Waals surface area contributed by atoms with Gasteiger partial charge in [0, 0.05) is 10.4 Å². The molecule has 0 unspecified atom stereocenters. The lowest BCUT2D eigenvalue weighted by molar-refractivity contribution is 1.10. The van der Waals surface area contributed by atoms with Crippen LogP contribution in [0.4, 0.5) is 0 Å². The normalized spacial score (nSPS) is 10.4. The van der Waals surface area contributed by atoms with Crippen molar-refractivity contribution in [3.63, 3.8) is 0 Å². The molecule has 0 aliphatic heterocycles. The number of fused-ring (bicyclic) bond motifs is 1. The number of hydrogen-bond acceptors (Lipinski definition) is 2. The van der Waals surface area contributed by atoms with E-state index in [0.29, 0.717) is 10.7 Å². The van der Waals surface area contributed by atoms with E-state index < -0.39 is 0 Å². The minimum Gasteiger partial charge on any atom is -0.276 e. The van der Waals surface area contributed by atoms with Crippen molar-refractivity contribution in [3.8, 4) is 6.07 Å². The average molecular weight is 206 g/mol. The first-order valence-electron chi connectivity index (χ1n) is 4.19. The predicted octanol–water partition coefficient (Wildman–Crippen LogP) is 2.70. The molecule has 1 aromatic heterocycles. The van der Waals surface area contributed by atoms with E-state index in [2.05, 4.69) is 10.2 Å². The molecule has 0 saturated heterocycles. The van der Waals surface area contributed by atoms with Gasteiger partial charge in [-0.2, -0.15) is 10.4 Å². The summed E-state index contributed by atoms with van der Waals surface area (Å²) in [6.07, 6.45) is 0. The number of nitriles is 1. The SMILES string of the molecule is Cc1cc2[nH]nc(C#N)c2c(C)c1Cl. The van der Waals surface area contributed by atoms with Crippen molar-refractivity contribution in [2.75, 3.05) is 0 Å². The summed E-state index contributed by atoms with van der Waals surface area (Å²) >= 11 is 6.09. The number of aromatic amines is 1. The van der Waals surface area contributed by atoms with E-state index in [1.807, 2.05) is 26.0 Å². The second-order valence-electron chi connectivity index (χ2n) is 3.24. The number of hydrogen-bond donors (Lipinski definition) is 1. The van der Waals surface area contributed by atoms with Crippen LogP contribution in [0.15, 0.2) is 6.07 Å². The molecule has 0 bridgehead atoms. The van der Waals surface area contributed by atoms with Crippen molar-refractivity contribution in [1.82, 2.24) is 10.2 Å². The molecule has 1 aromatic carbocycles. The van der Waals surface area contributed by atoms with Gasteiger partial charge in [0.2, 0.25) is 0 Å². The summed E-state index contributed by atoms with van der Waals surface area (Å²) < 4.78 is 0. The van der Waals surface area contributed by atoms with Crippen LogP contribution in [0.5, 0.6) is 0 Å². The van der Waals surface area contributed by atoms with Crippen LogP contribution in [0.25, 0.3) is 10.9 Å². The molecule has 0 saturated carbocycles. The van der Waals surface area contributed by atoms with Gasteiger partial charge in [-0.3, -0.25) is 5.10 Å². The maximum absolute atomic E-state index is 8.83. The van der Waals surface area contributed by atoms with Crippen LogP contribution in [0.1, 0.15) is 16.8 Å². The standard InChI is InChI=1S/C10H8ClN3/c1-5-3-7-9(6(2)10(5)11)8(4-12)14-13-7/h3H,1-2H3,(H,13,14). The molecular formula is C10H8ClN3. The van der Waals surface area contributed by atoms with Crippen LogP contribution < -0.4 is 0 Å². The highest BCUT2D eigenvalue weighted by molar-refractivity contribution is 6.33. The summed E-state index contributed by atoms with van der Waals surface area (Å²) in [7, 11) is 0. The topological polar surface area (TPSA) is 52.5 Å². The molecule has 0 spiro atoms. The van der Waals surface area contributed by atoms with Gasteiger partial charge in [-0.1, -0.05) is 11.6 Å². The monoisotopic (exact) mass is 205 g/mol. The molecule has 0 aliphatic carbocycles. The molecule has 2 aromatic rings. The van der Waals surface area contributed by atoms with Gasteiger partial charge in [-0.05, 0) is 31.0 Å². The van der Waals surface area contributed by atoms with Gasteiger partial charge in [-0.25, -0.2) is 0 Å². The van der Waals surface area contributed by atoms with E-state index in [4.69, 9.17) is 16.9 Å². The highest BCUT2D eigenvalue weighted by Crippen LogP contribution is 2.29. The zero-order chi connectivity index (χ0) is 10.3. The summed E-state index contributed by atoms with van der Waals surface area (Å²) in [5.74, 6) is 0. The van der Waals surface area contributed by atoms with Gasteiger partial charge in [-0.15, -0.1) is 0 Å². The Bertz CT molecular complexity index is 548. The fraction of sp³-hybridized carbons (Fsp3) is 0.200. The van der Waals surface area contributed by atoms with Crippen molar-refractivity contribution in [2.24, 2.45) is 0 Å². The Morgan fingerprint density at radius 3 is 2.86 bits per heavy atom. The summed E-state index contributed by atoms with van der Waals surface area (Å²) in [4.78, 5) is 0. The molecule has 70 valence electrons. The predicted molar refractivity (Wildman–Crippen MR) is 55.3 cm³/mol. The van der Waals surface area contributed by atoms with Crippen molar-refractivity contribution >= 4 is 22.5 Å². The number of nitrogens with zero attached hydrogens (tertiary/aromatic N) is 2. The molecular weight excluding hydrogens is 198 g/mol. The summed E-state index contributed by atoms with van der Waals surface area (Å²) in [6.45, 7) is 3.83. The van der Waals surface area contributed by atoms with E-state index in [-0.39, 0.29) is 0 Å². The lowest BCUT2D eigenvalue weighted by Gasteiger charge is -2.03. The van der Waals surface area contributed by atoms with Gasteiger partial charge in [0.1, 0.15) is 6.07 Å². The Hall–Kier alpha value is -1.53. The lowest BCUT2D eigenvalue weighted by atomic mass is 10.1. The average Bonchev–Trinajstić information content (AvgIpc) is 2.57. The van der Waals surface area contributed by atoms with E-state index in [1.54, 1.807) is 0 Å². The Morgan fingerprint density at radius 2 is 2.21 bits per heavy atom. The second kappa shape index (κ2) is 3.00. The van der Waals surface area contributed by atoms with Crippen LogP contribution in [-0.4, -0.2) is 10.2 Å². The third-order valence-corrected chi connectivity index (χ3v) is 2.89. The third kappa shape index (κ3) is 1.08. The van der Waals surface area contributed by atoms with E-state index in [9.17, 15) is 0 Å². The Kier molecular flexibility index (Phi) is 1.94. The smallest absolute Gasteiger partial charge is 0.170 e. The van der Waals surface area contributed by atoms with Crippen LogP contribution in [0.2, 0.25) is 5.02 Å². The number of H-pyrrole nitrogens is 1. The zero-order valence-corrected chi connectivity index (χ0v) is 8.61. The molecule has 0 atom stereocenters. The van der Waals surface area contributed by atoms with Crippen molar-refractivity contribution in [1.29, 1.82) is 5.26 Å². The third-order valence-electron chi connectivity index (χ3n) is 2.31. The van der Waals surface area contributed by atoms with Crippen LogP contribution >= 0.6 is 11.6 Å². The first kappa shape index (κ1) is 9.04. The maximum atomic E-state index is 8.83. The van der Waals surface area contributed by atoms with E-state index in [1.165, 1.54) is 0 Å². The fourth-order valence-electron chi connectivity index (χ4n) is 1.61. The zero-order valence-electron chi connectivity index (χ0n) is 7.85. The van der Waals surface area contributed by atoms with Crippen LogP contribution in [0, 0.1) is 25.2 Å². The minimum atomic E-state index is 0.402. The Balaban J connectivity index is 2.97. The molecule has 1 heterocycles. The second-order valence-corrected chi connectivity index (χ2v) is 3.62. The quantitative estimate of drug-likeness (QED) is 0.719. The van der Waals surface area contributed by atoms with Gasteiger partial charge >= 0.3 is 0 Å². The van der Waals surface area contributed by atoms with Crippen LogP contribution in [-0.2, 0) is 0 Å². The molecule has 4 heteroatoms. The van der Waals surface area contributed by atoms with Gasteiger partial charge < -0.3 is 0 Å². The van der Waals surface area contributed by atoms with E-state index in [0.717, 1.165) is 22.0 Å². The lowest BCUT2D eigenvalue weighted by Crippen LogP contribution is -1.84. The number of nitrogens with one attached hydrogen (secondary N) is 1. The van der Waals surface area contributed by atoms with Gasteiger partial charge in [0.25, 0.3) is 0 Å². The molecule has 0 fully saturated rings. The maximum Gasteiger partial charge on any atom is 0.170 e. The molecule has 2 rings (SSSR count). The molecule has 0 aliphatic rings. The number of aryl methyl sites for hydroxylation is 2. The number of halogens is 1. The first-order valence-corrected chi connectivity index (χ1v) is 4.57. The van der Waals surface area contributed by atoms with Crippen molar-refractivity contribution in [2.45, 2.75) is 13.8 Å². The fourth-order valence-corrected chi connectivity index (χ4v) is 1.75. The van der Waals surface area contributed by atoms with E-state index >= 15 is 0 Å². The van der Waals surface area contributed by atoms with Crippen molar-refractivity contribution in [3.05, 3.63) is 27.9 Å². The largest absolute Gasteiger partial charge is 0.276 e. The summed E-state index contributed by atoms with van der Waals surface area (Å²) in [5.41, 5.74) is 3.16. The molecule has 0 radical (unpaired) electrons. The Morgan fingerprint density at radius 1 is 1.50 bits per heavy atom. The number of rotatable bonds is 0. The number of benzene rings is 1. The molecule has 0 amide bonds. The van der Waals surface area contributed by atoms with Crippen molar-refractivity contribution < 1.29 is 0 Å².